The first-order valence-electron chi connectivity index (χ1n) is 7.28. The van der Waals surface area contributed by atoms with Crippen molar-refractivity contribution < 1.29 is 13.9 Å². The summed E-state index contributed by atoms with van der Waals surface area (Å²) >= 11 is 0. The summed E-state index contributed by atoms with van der Waals surface area (Å²) in [5, 5.41) is 9.26. The summed E-state index contributed by atoms with van der Waals surface area (Å²) in [4.78, 5) is 6.70. The lowest BCUT2D eigenvalue weighted by Gasteiger charge is -2.30. The minimum atomic E-state index is -0.297. The fourth-order valence-electron chi connectivity index (χ4n) is 2.81. The molecule has 3 rings (SSSR count). The molecule has 1 aliphatic heterocycles. The molecule has 1 aromatic heterocycles. The van der Waals surface area contributed by atoms with Crippen molar-refractivity contribution in [2.75, 3.05) is 19.7 Å². The van der Waals surface area contributed by atoms with Crippen molar-refractivity contribution in [1.29, 1.82) is 0 Å². The Morgan fingerprint density at radius 1 is 1.43 bits per heavy atom. The predicted octanol–water partition coefficient (Wildman–Crippen LogP) is 2.69. The second-order valence-corrected chi connectivity index (χ2v) is 5.58. The number of rotatable bonds is 4. The highest BCUT2D eigenvalue weighted by molar-refractivity contribution is 5.52. The van der Waals surface area contributed by atoms with Crippen LogP contribution in [0.25, 0.3) is 11.5 Å². The van der Waals surface area contributed by atoms with Crippen molar-refractivity contribution in [3.8, 4) is 11.5 Å². The highest BCUT2D eigenvalue weighted by Gasteiger charge is 2.20. The van der Waals surface area contributed by atoms with Crippen LogP contribution < -0.4 is 0 Å². The number of piperidine rings is 1. The van der Waals surface area contributed by atoms with Crippen LogP contribution in [0.4, 0.5) is 4.39 Å². The fraction of sp³-hybridized carbons (Fsp3) is 0.438. The van der Waals surface area contributed by atoms with Crippen molar-refractivity contribution in [1.82, 2.24) is 9.88 Å². The van der Waals surface area contributed by atoms with Crippen molar-refractivity contribution in [2.24, 2.45) is 5.92 Å². The number of aromatic nitrogens is 1. The van der Waals surface area contributed by atoms with Gasteiger partial charge in [0.1, 0.15) is 12.1 Å². The van der Waals surface area contributed by atoms with Gasteiger partial charge in [-0.15, -0.1) is 0 Å². The molecule has 0 saturated carbocycles. The molecule has 2 heterocycles. The summed E-state index contributed by atoms with van der Waals surface area (Å²) in [5.74, 6) is 0.502. The van der Waals surface area contributed by atoms with Gasteiger partial charge in [0, 0.05) is 25.3 Å². The van der Waals surface area contributed by atoms with Crippen molar-refractivity contribution >= 4 is 0 Å². The second kappa shape index (κ2) is 6.37. The topological polar surface area (TPSA) is 49.5 Å². The summed E-state index contributed by atoms with van der Waals surface area (Å²) in [6.45, 7) is 2.84. The lowest BCUT2D eigenvalue weighted by Crippen LogP contribution is -2.36. The van der Waals surface area contributed by atoms with Gasteiger partial charge in [-0.3, -0.25) is 4.90 Å². The van der Waals surface area contributed by atoms with E-state index in [0.29, 0.717) is 23.9 Å². The molecule has 0 bridgehead atoms. The number of aliphatic hydroxyl groups is 1. The number of nitrogens with zero attached hydrogens (tertiary/aromatic N) is 2. The van der Waals surface area contributed by atoms with Gasteiger partial charge in [-0.05, 0) is 43.5 Å². The van der Waals surface area contributed by atoms with Gasteiger partial charge in [0.15, 0.2) is 0 Å². The maximum atomic E-state index is 13.2. The van der Waals surface area contributed by atoms with Crippen molar-refractivity contribution in [3.05, 3.63) is 42.0 Å². The van der Waals surface area contributed by atoms with Gasteiger partial charge in [-0.25, -0.2) is 9.37 Å². The zero-order chi connectivity index (χ0) is 14.7. The summed E-state index contributed by atoms with van der Waals surface area (Å²) in [6.07, 6.45) is 3.81. The Labute approximate surface area is 123 Å². The van der Waals surface area contributed by atoms with Gasteiger partial charge in [0.05, 0.1) is 5.69 Å². The molecule has 4 nitrogen and oxygen atoms in total. The van der Waals surface area contributed by atoms with Gasteiger partial charge in [-0.2, -0.15) is 0 Å². The molecule has 1 atom stereocenters. The number of halogens is 1. The first kappa shape index (κ1) is 14.2. The van der Waals surface area contributed by atoms with Gasteiger partial charge in [-0.1, -0.05) is 6.07 Å². The van der Waals surface area contributed by atoms with Crippen molar-refractivity contribution in [2.45, 2.75) is 19.4 Å². The van der Waals surface area contributed by atoms with E-state index in [0.717, 1.165) is 31.6 Å². The molecule has 0 amide bonds. The highest BCUT2D eigenvalue weighted by Crippen LogP contribution is 2.22. The summed E-state index contributed by atoms with van der Waals surface area (Å²) in [7, 11) is 0. The molecule has 1 fully saturated rings. The van der Waals surface area contributed by atoms with Crippen LogP contribution in [-0.4, -0.2) is 34.7 Å². The third kappa shape index (κ3) is 3.49. The molecule has 0 spiro atoms. The summed E-state index contributed by atoms with van der Waals surface area (Å²) < 4.78 is 18.7. The Balaban J connectivity index is 1.68. The van der Waals surface area contributed by atoms with E-state index in [4.69, 9.17) is 4.42 Å². The number of aliphatic hydroxyl groups excluding tert-OH is 1. The number of likely N-dealkylation sites (tertiary alicyclic amines) is 1. The molecule has 1 saturated heterocycles. The molecule has 1 aromatic carbocycles. The summed E-state index contributed by atoms with van der Waals surface area (Å²) in [5.41, 5.74) is 1.49. The normalized spacial score (nSPS) is 19.8. The fourth-order valence-corrected chi connectivity index (χ4v) is 2.81. The quantitative estimate of drug-likeness (QED) is 0.940. The van der Waals surface area contributed by atoms with Crippen LogP contribution in [-0.2, 0) is 6.54 Å². The first-order valence-corrected chi connectivity index (χ1v) is 7.28. The molecule has 1 unspecified atom stereocenters. The van der Waals surface area contributed by atoms with E-state index in [1.165, 1.54) is 12.1 Å². The maximum absolute atomic E-state index is 13.2. The van der Waals surface area contributed by atoms with E-state index in [9.17, 15) is 9.50 Å². The SMILES string of the molecule is OCC1CCCN(Cc2coc(-c3cccc(F)c3)n2)C1. The zero-order valence-electron chi connectivity index (χ0n) is 11.8. The maximum Gasteiger partial charge on any atom is 0.226 e. The molecular formula is C16H19FN2O2. The lowest BCUT2D eigenvalue weighted by molar-refractivity contribution is 0.115. The number of benzene rings is 1. The Hall–Kier alpha value is -1.72. The average Bonchev–Trinajstić information content (AvgIpc) is 2.96. The van der Waals surface area contributed by atoms with Crippen LogP contribution in [0.1, 0.15) is 18.5 Å². The number of oxazole rings is 1. The predicted molar refractivity (Wildman–Crippen MR) is 77.0 cm³/mol. The molecule has 1 aliphatic rings. The molecule has 1 N–H and O–H groups in total. The second-order valence-electron chi connectivity index (χ2n) is 5.58. The number of hydrogen-bond acceptors (Lipinski definition) is 4. The molecule has 21 heavy (non-hydrogen) atoms. The Morgan fingerprint density at radius 2 is 2.33 bits per heavy atom. The van der Waals surface area contributed by atoms with Crippen LogP contribution >= 0.6 is 0 Å². The van der Waals surface area contributed by atoms with Crippen LogP contribution in [0.15, 0.2) is 34.9 Å². The molecule has 5 heteroatoms. The van der Waals surface area contributed by atoms with Gasteiger partial charge < -0.3 is 9.52 Å². The van der Waals surface area contributed by atoms with Crippen LogP contribution in [0.2, 0.25) is 0 Å². The smallest absolute Gasteiger partial charge is 0.226 e. The summed E-state index contributed by atoms with van der Waals surface area (Å²) in [6, 6.07) is 6.24. The van der Waals surface area contributed by atoms with Crippen LogP contribution in [0, 0.1) is 11.7 Å². The minimum absolute atomic E-state index is 0.240. The lowest BCUT2D eigenvalue weighted by atomic mass is 9.99. The first-order chi connectivity index (χ1) is 10.2. The van der Waals surface area contributed by atoms with E-state index >= 15 is 0 Å². The molecule has 112 valence electrons. The Morgan fingerprint density at radius 3 is 3.14 bits per heavy atom. The third-order valence-electron chi connectivity index (χ3n) is 3.87. The van der Waals surface area contributed by atoms with Gasteiger partial charge in [0.25, 0.3) is 0 Å². The van der Waals surface area contributed by atoms with Crippen LogP contribution in [0.3, 0.4) is 0 Å². The Kier molecular flexibility index (Phi) is 4.31. The third-order valence-corrected chi connectivity index (χ3v) is 3.87. The van der Waals surface area contributed by atoms with Crippen molar-refractivity contribution in [3.63, 3.8) is 0 Å². The van der Waals surface area contributed by atoms with E-state index < -0.39 is 0 Å². The molecule has 0 radical (unpaired) electrons. The van der Waals surface area contributed by atoms with Gasteiger partial charge >= 0.3 is 0 Å². The largest absolute Gasteiger partial charge is 0.444 e. The minimum Gasteiger partial charge on any atom is -0.444 e. The molecule has 2 aromatic rings. The van der Waals surface area contributed by atoms with E-state index in [2.05, 4.69) is 9.88 Å². The standard InChI is InChI=1S/C16H19FN2O2/c17-14-5-1-4-13(7-14)16-18-15(11-21-16)9-19-6-2-3-12(8-19)10-20/h1,4-5,7,11-12,20H,2-3,6,8-10H2. The number of hydrogen-bond donors (Lipinski definition) is 1. The Bertz CT molecular complexity index is 599. The van der Waals surface area contributed by atoms with Gasteiger partial charge in [0.2, 0.25) is 5.89 Å². The highest BCUT2D eigenvalue weighted by atomic mass is 19.1. The molecular weight excluding hydrogens is 271 g/mol. The van der Waals surface area contributed by atoms with E-state index in [1.807, 2.05) is 0 Å². The van der Waals surface area contributed by atoms with Crippen LogP contribution in [0.5, 0.6) is 0 Å². The average molecular weight is 290 g/mol. The zero-order valence-corrected chi connectivity index (χ0v) is 11.8. The van der Waals surface area contributed by atoms with E-state index in [1.54, 1.807) is 18.4 Å². The van der Waals surface area contributed by atoms with E-state index in [-0.39, 0.29) is 12.4 Å². The monoisotopic (exact) mass is 290 g/mol. The molecule has 0 aliphatic carbocycles.